The molecule has 4 amide bonds. The van der Waals surface area contributed by atoms with Crippen LogP contribution in [-0.2, 0) is 25.7 Å². The molecule has 1 aromatic carbocycles. The molecule has 0 aromatic heterocycles. The van der Waals surface area contributed by atoms with E-state index in [0.29, 0.717) is 34.9 Å². The first kappa shape index (κ1) is 27.2. The number of halogens is 2. The molecule has 2 aliphatic rings. The molecule has 0 bridgehead atoms. The first-order valence-corrected chi connectivity index (χ1v) is 12.7. The second-order valence-electron chi connectivity index (χ2n) is 10.2. The maximum absolute atomic E-state index is 13.5. The summed E-state index contributed by atoms with van der Waals surface area (Å²) in [6, 6.07) is 4.25. The SMILES string of the molecule is CC[C@H](C(=O)NC(C)(C)C)N(Cc1ccc(Cl)cc1Cl)C(=O)CCN1C(=O)[C@H]2CC=CC[C@H]2C1=O. The van der Waals surface area contributed by atoms with Gasteiger partial charge in [-0.1, -0.05) is 48.3 Å². The fourth-order valence-electron chi connectivity index (χ4n) is 4.65. The fourth-order valence-corrected chi connectivity index (χ4v) is 5.11. The Morgan fingerprint density at radius 2 is 1.71 bits per heavy atom. The molecular formula is C26H33Cl2N3O4. The molecule has 190 valence electrons. The van der Waals surface area contributed by atoms with Gasteiger partial charge in [-0.15, -0.1) is 0 Å². The lowest BCUT2D eigenvalue weighted by Gasteiger charge is -2.33. The molecule has 1 N–H and O–H groups in total. The van der Waals surface area contributed by atoms with Crippen molar-refractivity contribution < 1.29 is 19.2 Å². The number of allylic oxidation sites excluding steroid dienone is 2. The molecule has 0 saturated carbocycles. The maximum Gasteiger partial charge on any atom is 0.243 e. The van der Waals surface area contributed by atoms with Crippen LogP contribution in [0.25, 0.3) is 0 Å². The van der Waals surface area contributed by atoms with Gasteiger partial charge in [0.25, 0.3) is 0 Å². The standard InChI is InChI=1S/C26H33Cl2N3O4/c1-5-21(23(33)29-26(2,3)4)31(15-16-10-11-17(27)14-20(16)28)22(32)12-13-30-24(34)18-8-6-7-9-19(18)25(30)35/h6-7,10-11,14,18-19,21H,5,8-9,12-13,15H2,1-4H3,(H,29,33)/t18-,19+,21-/m1/s1. The average molecular weight is 522 g/mol. The van der Waals surface area contributed by atoms with Crippen molar-refractivity contribution in [1.82, 2.24) is 15.1 Å². The van der Waals surface area contributed by atoms with E-state index in [1.54, 1.807) is 18.2 Å². The van der Waals surface area contributed by atoms with Gasteiger partial charge in [0.15, 0.2) is 0 Å². The Labute approximate surface area is 216 Å². The van der Waals surface area contributed by atoms with Gasteiger partial charge < -0.3 is 10.2 Å². The van der Waals surface area contributed by atoms with Crippen LogP contribution in [0.4, 0.5) is 0 Å². The molecule has 3 rings (SSSR count). The average Bonchev–Trinajstić information content (AvgIpc) is 3.02. The van der Waals surface area contributed by atoms with Crippen LogP contribution in [0.2, 0.25) is 10.0 Å². The predicted octanol–water partition coefficient (Wildman–Crippen LogP) is 4.36. The third-order valence-electron chi connectivity index (χ3n) is 6.39. The Morgan fingerprint density at radius 1 is 1.11 bits per heavy atom. The number of carbonyl (C=O) groups is 4. The van der Waals surface area contributed by atoms with E-state index in [2.05, 4.69) is 5.32 Å². The van der Waals surface area contributed by atoms with Gasteiger partial charge >= 0.3 is 0 Å². The van der Waals surface area contributed by atoms with Crippen molar-refractivity contribution in [3.63, 3.8) is 0 Å². The molecule has 0 radical (unpaired) electrons. The summed E-state index contributed by atoms with van der Waals surface area (Å²) in [5.41, 5.74) is 0.174. The molecule has 1 aromatic rings. The highest BCUT2D eigenvalue weighted by Crippen LogP contribution is 2.35. The summed E-state index contributed by atoms with van der Waals surface area (Å²) in [7, 11) is 0. The molecule has 1 heterocycles. The topological polar surface area (TPSA) is 86.8 Å². The Bertz CT molecular complexity index is 1010. The molecule has 0 spiro atoms. The lowest BCUT2D eigenvalue weighted by molar-refractivity contribution is -0.144. The number of amides is 4. The summed E-state index contributed by atoms with van der Waals surface area (Å²) in [5, 5.41) is 3.81. The van der Waals surface area contributed by atoms with Crippen molar-refractivity contribution >= 4 is 46.8 Å². The van der Waals surface area contributed by atoms with Crippen LogP contribution in [0, 0.1) is 11.8 Å². The maximum atomic E-state index is 13.5. The van der Waals surface area contributed by atoms with E-state index < -0.39 is 11.6 Å². The summed E-state index contributed by atoms with van der Waals surface area (Å²) in [4.78, 5) is 54.9. The highest BCUT2D eigenvalue weighted by atomic mass is 35.5. The number of nitrogens with one attached hydrogen (secondary N) is 1. The van der Waals surface area contributed by atoms with E-state index in [-0.39, 0.29) is 55.0 Å². The minimum Gasteiger partial charge on any atom is -0.350 e. The van der Waals surface area contributed by atoms with Gasteiger partial charge in [0.2, 0.25) is 23.6 Å². The molecule has 0 unspecified atom stereocenters. The summed E-state index contributed by atoms with van der Waals surface area (Å²) in [6.07, 6.45) is 5.26. The monoisotopic (exact) mass is 521 g/mol. The minimum atomic E-state index is -0.745. The van der Waals surface area contributed by atoms with Gasteiger partial charge in [-0.2, -0.15) is 0 Å². The molecule has 7 nitrogen and oxygen atoms in total. The van der Waals surface area contributed by atoms with Gasteiger partial charge in [-0.25, -0.2) is 0 Å². The second kappa shape index (κ2) is 11.1. The number of fused-ring (bicyclic) bond motifs is 1. The number of hydrogen-bond acceptors (Lipinski definition) is 4. The quantitative estimate of drug-likeness (QED) is 0.406. The minimum absolute atomic E-state index is 0.00826. The number of likely N-dealkylation sites (tertiary alicyclic amines) is 1. The van der Waals surface area contributed by atoms with Crippen LogP contribution in [-0.4, -0.2) is 51.6 Å². The van der Waals surface area contributed by atoms with E-state index in [9.17, 15) is 19.2 Å². The molecule has 1 aliphatic heterocycles. The van der Waals surface area contributed by atoms with E-state index in [1.165, 1.54) is 9.80 Å². The summed E-state index contributed by atoms with van der Waals surface area (Å²) >= 11 is 12.4. The molecular weight excluding hydrogens is 489 g/mol. The molecule has 1 saturated heterocycles. The highest BCUT2D eigenvalue weighted by molar-refractivity contribution is 6.35. The third-order valence-corrected chi connectivity index (χ3v) is 6.97. The molecule has 35 heavy (non-hydrogen) atoms. The molecule has 3 atom stereocenters. The second-order valence-corrected chi connectivity index (χ2v) is 11.0. The van der Waals surface area contributed by atoms with E-state index in [1.807, 2.05) is 39.8 Å². The third kappa shape index (κ3) is 6.44. The van der Waals surface area contributed by atoms with Crippen molar-refractivity contribution in [2.45, 2.75) is 71.5 Å². The van der Waals surface area contributed by atoms with Crippen LogP contribution >= 0.6 is 23.2 Å². The van der Waals surface area contributed by atoms with Crippen molar-refractivity contribution in [3.05, 3.63) is 46.0 Å². The van der Waals surface area contributed by atoms with Crippen molar-refractivity contribution in [2.24, 2.45) is 11.8 Å². The number of nitrogens with zero attached hydrogens (tertiary/aromatic N) is 2. The Morgan fingerprint density at radius 3 is 2.23 bits per heavy atom. The van der Waals surface area contributed by atoms with Gasteiger partial charge in [-0.3, -0.25) is 24.1 Å². The van der Waals surface area contributed by atoms with E-state index in [4.69, 9.17) is 23.2 Å². The van der Waals surface area contributed by atoms with Gasteiger partial charge in [-0.05, 0) is 57.7 Å². The van der Waals surface area contributed by atoms with E-state index in [0.717, 1.165) is 0 Å². The van der Waals surface area contributed by atoms with Gasteiger partial charge in [0.1, 0.15) is 6.04 Å². The lowest BCUT2D eigenvalue weighted by Crippen LogP contribution is -2.53. The largest absolute Gasteiger partial charge is 0.350 e. The zero-order valence-corrected chi connectivity index (χ0v) is 22.2. The zero-order valence-electron chi connectivity index (χ0n) is 20.6. The van der Waals surface area contributed by atoms with Gasteiger partial charge in [0, 0.05) is 35.1 Å². The molecule has 9 heteroatoms. The molecule has 1 fully saturated rings. The van der Waals surface area contributed by atoms with Crippen LogP contribution in [0.3, 0.4) is 0 Å². The fraction of sp³-hybridized carbons (Fsp3) is 0.538. The zero-order chi connectivity index (χ0) is 25.9. The lowest BCUT2D eigenvalue weighted by atomic mass is 9.85. The van der Waals surface area contributed by atoms with Gasteiger partial charge in [0.05, 0.1) is 11.8 Å². The summed E-state index contributed by atoms with van der Waals surface area (Å²) in [5.74, 6) is -1.73. The van der Waals surface area contributed by atoms with Crippen molar-refractivity contribution in [2.75, 3.05) is 6.54 Å². The van der Waals surface area contributed by atoms with Crippen molar-refractivity contribution in [1.29, 1.82) is 0 Å². The van der Waals surface area contributed by atoms with E-state index >= 15 is 0 Å². The Hall–Kier alpha value is -2.38. The number of benzene rings is 1. The normalized spacial score (nSPS) is 20.6. The van der Waals surface area contributed by atoms with Crippen LogP contribution in [0.5, 0.6) is 0 Å². The van der Waals surface area contributed by atoms with Crippen molar-refractivity contribution in [3.8, 4) is 0 Å². The Balaban J connectivity index is 1.80. The summed E-state index contributed by atoms with van der Waals surface area (Å²) in [6.45, 7) is 7.55. The van der Waals surface area contributed by atoms with Crippen LogP contribution in [0.15, 0.2) is 30.4 Å². The first-order chi connectivity index (χ1) is 16.4. The summed E-state index contributed by atoms with van der Waals surface area (Å²) < 4.78 is 0. The highest BCUT2D eigenvalue weighted by Gasteiger charge is 2.47. The first-order valence-electron chi connectivity index (χ1n) is 12.0. The number of carbonyl (C=O) groups excluding carboxylic acids is 4. The molecule has 1 aliphatic carbocycles. The number of rotatable bonds is 8. The smallest absolute Gasteiger partial charge is 0.243 e. The Kier molecular flexibility index (Phi) is 8.65. The van der Waals surface area contributed by atoms with Crippen LogP contribution < -0.4 is 5.32 Å². The van der Waals surface area contributed by atoms with Crippen LogP contribution in [0.1, 0.15) is 58.9 Å². The predicted molar refractivity (Wildman–Crippen MR) is 136 cm³/mol. The number of hydrogen-bond donors (Lipinski definition) is 1. The number of imide groups is 1.